The molecule has 0 radical (unpaired) electrons. The van der Waals surface area contributed by atoms with Crippen LogP contribution in [-0.4, -0.2) is 40.3 Å². The number of esters is 1. The first kappa shape index (κ1) is 13.5. The van der Waals surface area contributed by atoms with Crippen LogP contribution in [-0.2, 0) is 14.3 Å². The summed E-state index contributed by atoms with van der Waals surface area (Å²) < 4.78 is 5.33. The predicted octanol–water partition coefficient (Wildman–Crippen LogP) is 0.505. The average Bonchev–Trinajstić information content (AvgIpc) is 2.63. The molecule has 3 rings (SSSR count). The monoisotopic (exact) mass is 278 g/mol. The normalized spacial score (nSPS) is 44.3. The molecule has 0 aromatic rings. The molecule has 5 atom stereocenters. The maximum absolute atomic E-state index is 12.0. The van der Waals surface area contributed by atoms with Gasteiger partial charge in [0.2, 0.25) is 0 Å². The van der Waals surface area contributed by atoms with Crippen molar-refractivity contribution in [2.45, 2.75) is 45.0 Å². The van der Waals surface area contributed by atoms with Gasteiger partial charge in [0.05, 0.1) is 18.1 Å². The molecule has 0 aromatic carbocycles. The maximum atomic E-state index is 12.0. The number of Topliss-reactive ketones (excluding diaryl/α,β-unsaturated/α-hetero) is 1. The van der Waals surface area contributed by atoms with Gasteiger partial charge < -0.3 is 14.9 Å². The molecule has 20 heavy (non-hydrogen) atoms. The summed E-state index contributed by atoms with van der Waals surface area (Å²) >= 11 is 0. The molecule has 1 saturated carbocycles. The van der Waals surface area contributed by atoms with E-state index in [1.807, 2.05) is 6.92 Å². The lowest BCUT2D eigenvalue weighted by Crippen LogP contribution is -2.53. The number of ether oxygens (including phenoxy) is 1. The Hall–Kier alpha value is -1.46. The number of rotatable bonds is 0. The predicted molar refractivity (Wildman–Crippen MR) is 69.6 cm³/mol. The SMILES string of the molecule is C=C1C(=O)O[C@@H]2C3=C(C)C(=O)C[C@@H](O)[C@]3(C)C[C@@H](O)[C@@H]12. The number of allylic oxidation sites excluding steroid dienone is 1. The van der Waals surface area contributed by atoms with E-state index >= 15 is 0 Å². The Morgan fingerprint density at radius 1 is 1.35 bits per heavy atom. The first-order chi connectivity index (χ1) is 9.27. The van der Waals surface area contributed by atoms with E-state index in [4.69, 9.17) is 4.74 Å². The van der Waals surface area contributed by atoms with Crippen molar-refractivity contribution in [2.75, 3.05) is 0 Å². The number of hydrogen-bond donors (Lipinski definition) is 2. The molecule has 5 nitrogen and oxygen atoms in total. The van der Waals surface area contributed by atoms with Crippen molar-refractivity contribution in [3.63, 3.8) is 0 Å². The van der Waals surface area contributed by atoms with Crippen molar-refractivity contribution in [2.24, 2.45) is 11.3 Å². The smallest absolute Gasteiger partial charge is 0.334 e. The van der Waals surface area contributed by atoms with E-state index in [-0.39, 0.29) is 17.8 Å². The van der Waals surface area contributed by atoms with Gasteiger partial charge in [0.15, 0.2) is 5.78 Å². The van der Waals surface area contributed by atoms with Crippen molar-refractivity contribution in [3.8, 4) is 0 Å². The fraction of sp³-hybridized carbons (Fsp3) is 0.600. The molecule has 0 spiro atoms. The second-order valence-corrected chi connectivity index (χ2v) is 6.25. The van der Waals surface area contributed by atoms with E-state index in [9.17, 15) is 19.8 Å². The van der Waals surface area contributed by atoms with Crippen LogP contribution < -0.4 is 0 Å². The Balaban J connectivity index is 2.18. The minimum atomic E-state index is -0.864. The molecule has 108 valence electrons. The van der Waals surface area contributed by atoms with Gasteiger partial charge in [0.25, 0.3) is 0 Å². The molecule has 3 aliphatic rings. The van der Waals surface area contributed by atoms with Gasteiger partial charge in [-0.25, -0.2) is 4.79 Å². The highest BCUT2D eigenvalue weighted by Gasteiger charge is 2.58. The summed E-state index contributed by atoms with van der Waals surface area (Å²) in [6.07, 6.45) is -2.00. The third-order valence-electron chi connectivity index (χ3n) is 5.11. The second kappa shape index (κ2) is 4.02. The number of hydrogen-bond acceptors (Lipinski definition) is 5. The average molecular weight is 278 g/mol. The summed E-state index contributed by atoms with van der Waals surface area (Å²) in [6, 6.07) is 0. The lowest BCUT2D eigenvalue weighted by Gasteiger charge is -2.49. The van der Waals surface area contributed by atoms with Crippen LogP contribution in [0.25, 0.3) is 0 Å². The van der Waals surface area contributed by atoms with Gasteiger partial charge in [-0.05, 0) is 24.5 Å². The Kier molecular flexibility index (Phi) is 2.72. The highest BCUT2D eigenvalue weighted by atomic mass is 16.6. The van der Waals surface area contributed by atoms with E-state index in [1.54, 1.807) is 6.92 Å². The van der Waals surface area contributed by atoms with Gasteiger partial charge in [-0.1, -0.05) is 13.5 Å². The van der Waals surface area contributed by atoms with Crippen molar-refractivity contribution < 1.29 is 24.5 Å². The number of fused-ring (bicyclic) bond motifs is 3. The van der Waals surface area contributed by atoms with E-state index in [2.05, 4.69) is 6.58 Å². The van der Waals surface area contributed by atoms with Crippen LogP contribution in [0.5, 0.6) is 0 Å². The summed E-state index contributed by atoms with van der Waals surface area (Å²) in [7, 11) is 0. The quantitative estimate of drug-likeness (QED) is 0.498. The number of ketones is 1. The molecule has 2 N–H and O–H groups in total. The zero-order valence-corrected chi connectivity index (χ0v) is 11.5. The van der Waals surface area contributed by atoms with Crippen LogP contribution in [0, 0.1) is 11.3 Å². The Labute approximate surface area is 116 Å². The summed E-state index contributed by atoms with van der Waals surface area (Å²) in [5, 5.41) is 20.6. The highest BCUT2D eigenvalue weighted by molar-refractivity contribution is 5.98. The Morgan fingerprint density at radius 3 is 2.65 bits per heavy atom. The van der Waals surface area contributed by atoms with Gasteiger partial charge in [-0.3, -0.25) is 4.79 Å². The molecule has 0 unspecified atom stereocenters. The van der Waals surface area contributed by atoms with E-state index in [0.717, 1.165) is 0 Å². The van der Waals surface area contributed by atoms with Gasteiger partial charge in [-0.15, -0.1) is 0 Å². The van der Waals surface area contributed by atoms with Gasteiger partial charge in [-0.2, -0.15) is 0 Å². The van der Waals surface area contributed by atoms with Crippen LogP contribution in [0.2, 0.25) is 0 Å². The Bertz CT molecular complexity index is 561. The molecular formula is C15H18O5. The largest absolute Gasteiger partial charge is 0.454 e. The topological polar surface area (TPSA) is 83.8 Å². The van der Waals surface area contributed by atoms with Gasteiger partial charge in [0, 0.05) is 17.4 Å². The van der Waals surface area contributed by atoms with Crippen molar-refractivity contribution >= 4 is 11.8 Å². The molecule has 5 heteroatoms. The van der Waals surface area contributed by atoms with E-state index < -0.39 is 35.6 Å². The van der Waals surface area contributed by atoms with E-state index in [1.165, 1.54) is 0 Å². The fourth-order valence-electron chi connectivity index (χ4n) is 3.91. The molecule has 0 aromatic heterocycles. The number of carbonyl (C=O) groups excluding carboxylic acids is 2. The third-order valence-corrected chi connectivity index (χ3v) is 5.11. The maximum Gasteiger partial charge on any atom is 0.334 e. The van der Waals surface area contributed by atoms with Crippen molar-refractivity contribution in [1.82, 2.24) is 0 Å². The first-order valence-electron chi connectivity index (χ1n) is 6.77. The van der Waals surface area contributed by atoms with Gasteiger partial charge >= 0.3 is 5.97 Å². The van der Waals surface area contributed by atoms with Gasteiger partial charge in [0.1, 0.15) is 6.10 Å². The van der Waals surface area contributed by atoms with Crippen LogP contribution in [0.1, 0.15) is 26.7 Å². The zero-order chi connectivity index (χ0) is 14.8. The summed E-state index contributed by atoms with van der Waals surface area (Å²) in [5.74, 6) is -1.18. The molecule has 0 amide bonds. The number of aliphatic hydroxyl groups is 2. The lowest BCUT2D eigenvalue weighted by molar-refractivity contribution is -0.142. The standard InChI is InChI=1S/C15H18O5/c1-6-8(16)4-10(18)15(3)5-9(17)11-7(2)14(19)20-13(11)12(6)15/h9-11,13,17-18H,2,4-5H2,1,3H3/t9-,10-,11-,13+,15+/m1/s1. The zero-order valence-electron chi connectivity index (χ0n) is 11.5. The van der Waals surface area contributed by atoms with Crippen LogP contribution in [0.4, 0.5) is 0 Å². The Morgan fingerprint density at radius 2 is 2.00 bits per heavy atom. The fourth-order valence-corrected chi connectivity index (χ4v) is 3.91. The minimum absolute atomic E-state index is 0.0465. The molecule has 1 saturated heterocycles. The minimum Gasteiger partial charge on any atom is -0.454 e. The molecule has 0 bridgehead atoms. The van der Waals surface area contributed by atoms with Crippen LogP contribution >= 0.6 is 0 Å². The number of aliphatic hydroxyl groups excluding tert-OH is 2. The molecule has 1 aliphatic heterocycles. The van der Waals surface area contributed by atoms with E-state index in [0.29, 0.717) is 17.6 Å². The van der Waals surface area contributed by atoms with Crippen molar-refractivity contribution in [1.29, 1.82) is 0 Å². The first-order valence-corrected chi connectivity index (χ1v) is 6.77. The van der Waals surface area contributed by atoms with Crippen LogP contribution in [0.15, 0.2) is 23.3 Å². The lowest BCUT2D eigenvalue weighted by atomic mass is 9.57. The summed E-state index contributed by atoms with van der Waals surface area (Å²) in [6.45, 7) is 7.21. The molecule has 1 heterocycles. The van der Waals surface area contributed by atoms with Crippen molar-refractivity contribution in [3.05, 3.63) is 23.3 Å². The van der Waals surface area contributed by atoms with Crippen LogP contribution in [0.3, 0.4) is 0 Å². The molecule has 2 fully saturated rings. The molecule has 2 aliphatic carbocycles. The second-order valence-electron chi connectivity index (χ2n) is 6.25. The highest BCUT2D eigenvalue weighted by Crippen LogP contribution is 2.54. The third kappa shape index (κ3) is 1.50. The summed E-state index contributed by atoms with van der Waals surface area (Å²) in [5.41, 5.74) is 0.715. The molecular weight excluding hydrogens is 260 g/mol. The summed E-state index contributed by atoms with van der Waals surface area (Å²) in [4.78, 5) is 23.7. The number of carbonyl (C=O) groups is 2.